The van der Waals surface area contributed by atoms with Crippen molar-refractivity contribution in [1.82, 2.24) is 0 Å². The predicted octanol–water partition coefficient (Wildman–Crippen LogP) is 3.94. The van der Waals surface area contributed by atoms with Gasteiger partial charge in [0.1, 0.15) is 5.75 Å². The summed E-state index contributed by atoms with van der Waals surface area (Å²) in [6.45, 7) is 2.80. The van der Waals surface area contributed by atoms with E-state index in [0.29, 0.717) is 11.8 Å². The molecule has 106 valence electrons. The number of benzene rings is 2. The maximum atomic E-state index is 5.93. The van der Waals surface area contributed by atoms with Gasteiger partial charge in [-0.25, -0.2) is 0 Å². The largest absolute Gasteiger partial charge is 0.497 e. The average Bonchev–Trinajstić information content (AvgIpc) is 2.50. The molecule has 2 aromatic carbocycles. The van der Waals surface area contributed by atoms with Crippen LogP contribution in [0.5, 0.6) is 5.75 Å². The number of nitrogens with two attached hydrogens (primary N) is 1. The molecule has 0 spiro atoms. The smallest absolute Gasteiger partial charge is 0.118 e. The Morgan fingerprint density at radius 3 is 2.40 bits per heavy atom. The van der Waals surface area contributed by atoms with Crippen LogP contribution >= 0.6 is 11.8 Å². The zero-order valence-corrected chi connectivity index (χ0v) is 12.8. The fraction of sp³-hybridized carbons (Fsp3) is 0.294. The molecule has 0 saturated heterocycles. The predicted molar refractivity (Wildman–Crippen MR) is 87.3 cm³/mol. The fourth-order valence-electron chi connectivity index (χ4n) is 2.08. The Morgan fingerprint density at radius 1 is 1.10 bits per heavy atom. The van der Waals surface area contributed by atoms with Crippen molar-refractivity contribution < 1.29 is 4.74 Å². The van der Waals surface area contributed by atoms with E-state index in [1.165, 1.54) is 16.7 Å². The number of methoxy groups -OCH3 is 1. The molecule has 2 rings (SSSR count). The molecular formula is C17H21NOS. The highest BCUT2D eigenvalue weighted by atomic mass is 32.2. The number of hydrogen-bond donors (Lipinski definition) is 1. The molecule has 0 aromatic heterocycles. The summed E-state index contributed by atoms with van der Waals surface area (Å²) in [4.78, 5) is 0. The average molecular weight is 287 g/mol. The second-order valence-electron chi connectivity index (χ2n) is 4.73. The lowest BCUT2D eigenvalue weighted by Gasteiger charge is -2.16. The number of thioether (sulfide) groups is 1. The molecular weight excluding hydrogens is 266 g/mol. The van der Waals surface area contributed by atoms with Gasteiger partial charge in [0, 0.05) is 17.5 Å². The first-order chi connectivity index (χ1) is 9.74. The Hall–Kier alpha value is -1.45. The van der Waals surface area contributed by atoms with Gasteiger partial charge in [0.15, 0.2) is 0 Å². The minimum Gasteiger partial charge on any atom is -0.497 e. The second kappa shape index (κ2) is 7.36. The van der Waals surface area contributed by atoms with Gasteiger partial charge in [0.25, 0.3) is 0 Å². The van der Waals surface area contributed by atoms with Crippen molar-refractivity contribution in [2.75, 3.05) is 13.7 Å². The van der Waals surface area contributed by atoms with E-state index >= 15 is 0 Å². The Labute approximate surface area is 125 Å². The van der Waals surface area contributed by atoms with Gasteiger partial charge in [-0.05, 0) is 35.7 Å². The van der Waals surface area contributed by atoms with Crippen LogP contribution in [-0.2, 0) is 5.75 Å². The Balaban J connectivity index is 2.03. The van der Waals surface area contributed by atoms with Crippen LogP contribution in [0, 0.1) is 6.92 Å². The molecule has 20 heavy (non-hydrogen) atoms. The van der Waals surface area contributed by atoms with E-state index in [0.717, 1.165) is 11.5 Å². The standard InChI is InChI=1S/C17H21NOS/c1-13-5-3-4-6-15(13)12-20-17(11-18)14-7-9-16(19-2)10-8-14/h3-10,17H,11-12,18H2,1-2H3. The molecule has 2 nitrogen and oxygen atoms in total. The van der Waals surface area contributed by atoms with Crippen LogP contribution in [0.2, 0.25) is 0 Å². The molecule has 0 heterocycles. The number of aryl methyl sites for hydroxylation is 1. The number of rotatable bonds is 6. The summed E-state index contributed by atoms with van der Waals surface area (Å²) in [5.41, 5.74) is 9.90. The van der Waals surface area contributed by atoms with Gasteiger partial charge >= 0.3 is 0 Å². The molecule has 2 N–H and O–H groups in total. The summed E-state index contributed by atoms with van der Waals surface area (Å²) in [7, 11) is 1.68. The van der Waals surface area contributed by atoms with Crippen molar-refractivity contribution in [3.8, 4) is 5.75 Å². The molecule has 0 aliphatic carbocycles. The van der Waals surface area contributed by atoms with Crippen molar-refractivity contribution in [2.45, 2.75) is 17.9 Å². The van der Waals surface area contributed by atoms with Crippen LogP contribution in [0.15, 0.2) is 48.5 Å². The van der Waals surface area contributed by atoms with E-state index in [2.05, 4.69) is 43.3 Å². The summed E-state index contributed by atoms with van der Waals surface area (Å²) < 4.78 is 5.19. The van der Waals surface area contributed by atoms with Gasteiger partial charge in [0.2, 0.25) is 0 Å². The lowest BCUT2D eigenvalue weighted by Crippen LogP contribution is -2.09. The lowest BCUT2D eigenvalue weighted by molar-refractivity contribution is 0.414. The Morgan fingerprint density at radius 2 is 1.80 bits per heavy atom. The first kappa shape index (κ1) is 14.9. The molecule has 0 amide bonds. The van der Waals surface area contributed by atoms with Gasteiger partial charge in [-0.1, -0.05) is 36.4 Å². The fourth-order valence-corrected chi connectivity index (χ4v) is 3.27. The highest BCUT2D eigenvalue weighted by Gasteiger charge is 2.11. The van der Waals surface area contributed by atoms with Crippen LogP contribution in [0.25, 0.3) is 0 Å². The van der Waals surface area contributed by atoms with E-state index in [1.807, 2.05) is 23.9 Å². The number of hydrogen-bond acceptors (Lipinski definition) is 3. The van der Waals surface area contributed by atoms with E-state index in [1.54, 1.807) is 7.11 Å². The summed E-state index contributed by atoms with van der Waals surface area (Å²) in [5.74, 6) is 1.87. The second-order valence-corrected chi connectivity index (χ2v) is 5.93. The van der Waals surface area contributed by atoms with Crippen molar-refractivity contribution in [2.24, 2.45) is 5.73 Å². The topological polar surface area (TPSA) is 35.2 Å². The molecule has 0 radical (unpaired) electrons. The van der Waals surface area contributed by atoms with Gasteiger partial charge < -0.3 is 10.5 Å². The molecule has 3 heteroatoms. The molecule has 0 saturated carbocycles. The summed E-state index contributed by atoms with van der Waals surface area (Å²) >= 11 is 1.89. The van der Waals surface area contributed by atoms with E-state index < -0.39 is 0 Å². The van der Waals surface area contributed by atoms with Crippen LogP contribution in [-0.4, -0.2) is 13.7 Å². The molecule has 1 unspecified atom stereocenters. The normalized spacial score (nSPS) is 12.2. The SMILES string of the molecule is COc1ccc(C(CN)SCc2ccccc2C)cc1. The van der Waals surface area contributed by atoms with Gasteiger partial charge in [-0.15, -0.1) is 11.8 Å². The lowest BCUT2D eigenvalue weighted by atomic mass is 10.1. The first-order valence-corrected chi connectivity index (χ1v) is 7.79. The monoisotopic (exact) mass is 287 g/mol. The van der Waals surface area contributed by atoms with Gasteiger partial charge in [-0.2, -0.15) is 0 Å². The molecule has 2 aromatic rings. The Kier molecular flexibility index (Phi) is 5.50. The molecule has 0 aliphatic heterocycles. The maximum Gasteiger partial charge on any atom is 0.118 e. The third kappa shape index (κ3) is 3.78. The van der Waals surface area contributed by atoms with Crippen molar-refractivity contribution in [3.63, 3.8) is 0 Å². The quantitative estimate of drug-likeness (QED) is 0.874. The third-order valence-corrected chi connectivity index (χ3v) is 4.75. The maximum absolute atomic E-state index is 5.93. The van der Waals surface area contributed by atoms with Crippen LogP contribution in [0.1, 0.15) is 21.9 Å². The molecule has 1 atom stereocenters. The minimum atomic E-state index is 0.320. The van der Waals surface area contributed by atoms with Crippen molar-refractivity contribution >= 4 is 11.8 Å². The summed E-state index contributed by atoms with van der Waals surface area (Å²) in [6.07, 6.45) is 0. The van der Waals surface area contributed by atoms with E-state index in [9.17, 15) is 0 Å². The van der Waals surface area contributed by atoms with Gasteiger partial charge in [0.05, 0.1) is 7.11 Å². The molecule has 0 fully saturated rings. The van der Waals surface area contributed by atoms with E-state index in [4.69, 9.17) is 10.5 Å². The summed E-state index contributed by atoms with van der Waals surface area (Å²) in [6, 6.07) is 16.7. The molecule has 0 aliphatic rings. The van der Waals surface area contributed by atoms with Crippen LogP contribution in [0.4, 0.5) is 0 Å². The third-order valence-electron chi connectivity index (χ3n) is 3.40. The highest BCUT2D eigenvalue weighted by Crippen LogP contribution is 2.32. The number of ether oxygens (including phenoxy) is 1. The zero-order chi connectivity index (χ0) is 14.4. The highest BCUT2D eigenvalue weighted by molar-refractivity contribution is 7.98. The van der Waals surface area contributed by atoms with E-state index in [-0.39, 0.29) is 0 Å². The van der Waals surface area contributed by atoms with Crippen molar-refractivity contribution in [1.29, 1.82) is 0 Å². The van der Waals surface area contributed by atoms with Crippen molar-refractivity contribution in [3.05, 3.63) is 65.2 Å². The first-order valence-electron chi connectivity index (χ1n) is 6.74. The van der Waals surface area contributed by atoms with Crippen LogP contribution in [0.3, 0.4) is 0 Å². The Bertz CT molecular complexity index is 539. The van der Waals surface area contributed by atoms with Crippen LogP contribution < -0.4 is 10.5 Å². The summed E-state index contributed by atoms with van der Waals surface area (Å²) in [5, 5.41) is 0.320. The van der Waals surface area contributed by atoms with Gasteiger partial charge in [-0.3, -0.25) is 0 Å². The molecule has 0 bridgehead atoms. The minimum absolute atomic E-state index is 0.320. The zero-order valence-electron chi connectivity index (χ0n) is 12.0.